The zero-order valence-corrected chi connectivity index (χ0v) is 18.9. The molecule has 0 amide bonds. The molecule has 0 bridgehead atoms. The summed E-state index contributed by atoms with van der Waals surface area (Å²) >= 11 is 0. The van der Waals surface area contributed by atoms with E-state index in [9.17, 15) is 10.1 Å². The molecule has 4 rings (SSSR count). The first-order valence-electron chi connectivity index (χ1n) is 11.1. The first-order chi connectivity index (χ1) is 15.4. The normalized spacial score (nSPS) is 18.6. The van der Waals surface area contributed by atoms with Crippen LogP contribution in [0.3, 0.4) is 0 Å². The number of nitro groups is 1. The Hall–Kier alpha value is -3.20. The summed E-state index contributed by atoms with van der Waals surface area (Å²) in [5, 5.41) is 19.0. The second kappa shape index (κ2) is 9.52. The van der Waals surface area contributed by atoms with Gasteiger partial charge in [-0.05, 0) is 50.3 Å². The molecule has 1 fully saturated rings. The van der Waals surface area contributed by atoms with E-state index in [1.807, 2.05) is 48.8 Å². The van der Waals surface area contributed by atoms with Crippen molar-refractivity contribution in [3.63, 3.8) is 0 Å². The molecule has 0 unspecified atom stereocenters. The van der Waals surface area contributed by atoms with Crippen LogP contribution >= 0.6 is 0 Å². The van der Waals surface area contributed by atoms with Crippen LogP contribution in [0.1, 0.15) is 31.4 Å². The van der Waals surface area contributed by atoms with E-state index >= 15 is 0 Å². The monoisotopic (exact) mass is 437 g/mol. The van der Waals surface area contributed by atoms with Crippen LogP contribution in [-0.4, -0.2) is 46.1 Å². The van der Waals surface area contributed by atoms with Gasteiger partial charge in [-0.3, -0.25) is 10.1 Å². The van der Waals surface area contributed by atoms with Crippen molar-refractivity contribution >= 4 is 28.4 Å². The smallest absolute Gasteiger partial charge is 0.287 e. The van der Waals surface area contributed by atoms with Crippen molar-refractivity contribution in [2.45, 2.75) is 38.3 Å². The maximum atomic E-state index is 10.9. The fourth-order valence-corrected chi connectivity index (χ4v) is 4.43. The molecule has 2 heterocycles. The lowest BCUT2D eigenvalue weighted by Gasteiger charge is -2.29. The number of hydrogen-bond acceptors (Lipinski definition) is 7. The molecule has 0 aliphatic heterocycles. The van der Waals surface area contributed by atoms with Crippen molar-refractivity contribution in [2.75, 3.05) is 30.9 Å². The van der Waals surface area contributed by atoms with Gasteiger partial charge in [0.15, 0.2) is 0 Å². The van der Waals surface area contributed by atoms with Gasteiger partial charge in [-0.15, -0.1) is 0 Å². The fourth-order valence-electron chi connectivity index (χ4n) is 4.43. The Morgan fingerprint density at radius 3 is 2.62 bits per heavy atom. The Balaban J connectivity index is 1.28. The second-order valence-corrected chi connectivity index (χ2v) is 8.83. The minimum Gasteiger partial charge on any atom is -0.362 e. The van der Waals surface area contributed by atoms with Crippen molar-refractivity contribution in [1.82, 2.24) is 19.9 Å². The van der Waals surface area contributed by atoms with Crippen molar-refractivity contribution in [3.05, 3.63) is 52.3 Å². The maximum absolute atomic E-state index is 10.9. The van der Waals surface area contributed by atoms with E-state index < -0.39 is 0 Å². The zero-order valence-electron chi connectivity index (χ0n) is 18.9. The SMILES string of the molecule is CN(C)c1nc(N[C@H]2CC[C@@H](CNCc3cc([N+](=O)[O-])cn3C)CC2)nc2ccccc12. The van der Waals surface area contributed by atoms with E-state index in [0.717, 1.165) is 54.6 Å². The number of aryl methyl sites for hydroxylation is 1. The van der Waals surface area contributed by atoms with Gasteiger partial charge < -0.3 is 20.1 Å². The van der Waals surface area contributed by atoms with Crippen molar-refractivity contribution in [2.24, 2.45) is 13.0 Å². The largest absolute Gasteiger partial charge is 0.362 e. The summed E-state index contributed by atoms with van der Waals surface area (Å²) in [6, 6.07) is 10.1. The van der Waals surface area contributed by atoms with Gasteiger partial charge >= 0.3 is 0 Å². The van der Waals surface area contributed by atoms with Crippen molar-refractivity contribution in [3.8, 4) is 0 Å². The van der Waals surface area contributed by atoms with Crippen LogP contribution in [0.4, 0.5) is 17.5 Å². The molecule has 9 heteroatoms. The van der Waals surface area contributed by atoms with Crippen LogP contribution in [-0.2, 0) is 13.6 Å². The number of nitrogens with one attached hydrogen (secondary N) is 2. The van der Waals surface area contributed by atoms with E-state index in [1.165, 1.54) is 0 Å². The summed E-state index contributed by atoms with van der Waals surface area (Å²) in [6.45, 7) is 1.56. The van der Waals surface area contributed by atoms with E-state index in [2.05, 4.69) is 16.7 Å². The molecular formula is C23H31N7O2. The summed E-state index contributed by atoms with van der Waals surface area (Å²) in [5.74, 6) is 2.23. The third-order valence-corrected chi connectivity index (χ3v) is 6.23. The van der Waals surface area contributed by atoms with Gasteiger partial charge in [-0.25, -0.2) is 4.98 Å². The topological polar surface area (TPSA) is 101 Å². The summed E-state index contributed by atoms with van der Waals surface area (Å²) in [7, 11) is 5.85. The second-order valence-electron chi connectivity index (χ2n) is 8.83. The lowest BCUT2D eigenvalue weighted by atomic mass is 9.86. The molecular weight excluding hydrogens is 406 g/mol. The quantitative estimate of drug-likeness (QED) is 0.409. The Labute approximate surface area is 188 Å². The number of aromatic nitrogens is 3. The fraction of sp³-hybridized carbons (Fsp3) is 0.478. The first-order valence-corrected chi connectivity index (χ1v) is 11.1. The summed E-state index contributed by atoms with van der Waals surface area (Å²) in [6.07, 6.45) is 5.98. The number of hydrogen-bond donors (Lipinski definition) is 2. The van der Waals surface area contributed by atoms with Crippen LogP contribution in [0.15, 0.2) is 36.5 Å². The van der Waals surface area contributed by atoms with Gasteiger partial charge in [0.05, 0.1) is 16.6 Å². The highest BCUT2D eigenvalue weighted by molar-refractivity contribution is 5.90. The minimum absolute atomic E-state index is 0.143. The minimum atomic E-state index is -0.349. The average molecular weight is 438 g/mol. The molecule has 1 aromatic carbocycles. The standard InChI is InChI=1S/C23H31N7O2/c1-28(2)22-20-6-4-5-7-21(20)26-23(27-22)25-17-10-8-16(9-11-17)13-24-14-18-12-19(30(31)32)15-29(18)3/h4-7,12,15-17,24H,8-11,13-14H2,1-3H3,(H,25,26,27)/t16-,17+. The third kappa shape index (κ3) is 4.99. The Bertz CT molecular complexity index is 1090. The molecule has 3 aromatic rings. The number of fused-ring (bicyclic) bond motifs is 1. The molecule has 0 radical (unpaired) electrons. The van der Waals surface area contributed by atoms with Gasteiger partial charge in [0.2, 0.25) is 5.95 Å². The number of para-hydroxylation sites is 1. The van der Waals surface area contributed by atoms with Gasteiger partial charge in [0.1, 0.15) is 5.82 Å². The van der Waals surface area contributed by atoms with Gasteiger partial charge in [0, 0.05) is 50.9 Å². The summed E-state index contributed by atoms with van der Waals surface area (Å²) < 4.78 is 1.82. The third-order valence-electron chi connectivity index (χ3n) is 6.23. The number of benzene rings is 1. The molecule has 2 aromatic heterocycles. The Morgan fingerprint density at radius 1 is 1.19 bits per heavy atom. The Kier molecular flexibility index (Phi) is 6.55. The van der Waals surface area contributed by atoms with Gasteiger partial charge in [-0.2, -0.15) is 4.98 Å². The molecule has 1 aliphatic rings. The highest BCUT2D eigenvalue weighted by Crippen LogP contribution is 2.28. The van der Waals surface area contributed by atoms with Crippen molar-refractivity contribution in [1.29, 1.82) is 0 Å². The maximum Gasteiger partial charge on any atom is 0.287 e. The van der Waals surface area contributed by atoms with Gasteiger partial charge in [-0.1, -0.05) is 12.1 Å². The Morgan fingerprint density at radius 2 is 1.94 bits per heavy atom. The van der Waals surface area contributed by atoms with E-state index in [-0.39, 0.29) is 10.6 Å². The van der Waals surface area contributed by atoms with Crippen molar-refractivity contribution < 1.29 is 4.92 Å². The van der Waals surface area contributed by atoms with E-state index in [4.69, 9.17) is 9.97 Å². The molecule has 32 heavy (non-hydrogen) atoms. The predicted octanol–water partition coefficient (Wildman–Crippen LogP) is 3.70. The predicted molar refractivity (Wildman–Crippen MR) is 127 cm³/mol. The van der Waals surface area contributed by atoms with Crippen LogP contribution < -0.4 is 15.5 Å². The molecule has 0 saturated heterocycles. The lowest BCUT2D eigenvalue weighted by molar-refractivity contribution is -0.384. The molecule has 0 atom stereocenters. The van der Waals surface area contributed by atoms with Crippen LogP contribution in [0, 0.1) is 16.0 Å². The molecule has 170 valence electrons. The van der Waals surface area contributed by atoms with E-state index in [1.54, 1.807) is 12.3 Å². The van der Waals surface area contributed by atoms with E-state index in [0.29, 0.717) is 24.5 Å². The lowest BCUT2D eigenvalue weighted by Crippen LogP contribution is -2.32. The number of anilines is 2. The molecule has 1 aliphatic carbocycles. The van der Waals surface area contributed by atoms with Crippen LogP contribution in [0.2, 0.25) is 0 Å². The van der Waals surface area contributed by atoms with Crippen LogP contribution in [0.5, 0.6) is 0 Å². The molecule has 1 saturated carbocycles. The van der Waals surface area contributed by atoms with Crippen LogP contribution in [0.25, 0.3) is 10.9 Å². The highest BCUT2D eigenvalue weighted by atomic mass is 16.6. The zero-order chi connectivity index (χ0) is 22.7. The summed E-state index contributed by atoms with van der Waals surface area (Å²) in [5.41, 5.74) is 2.02. The molecule has 0 spiro atoms. The molecule has 2 N–H and O–H groups in total. The average Bonchev–Trinajstić information content (AvgIpc) is 3.15. The van der Waals surface area contributed by atoms with Gasteiger partial charge in [0.25, 0.3) is 5.69 Å². The molecule has 9 nitrogen and oxygen atoms in total. The highest BCUT2D eigenvalue weighted by Gasteiger charge is 2.22. The number of rotatable bonds is 8. The first kappa shape index (κ1) is 22.0. The number of nitrogens with zero attached hydrogens (tertiary/aromatic N) is 5. The summed E-state index contributed by atoms with van der Waals surface area (Å²) in [4.78, 5) is 22.1.